The van der Waals surface area contributed by atoms with Crippen LogP contribution in [-0.2, 0) is 0 Å². The number of thioether (sulfide) groups is 1. The standard InChI is InChI=1S/C26H23ClFN3O5S/c1-2-36-16-11-17-23-18(13-22(24(23)27)37-21-6-4-3-5-19(21)30(32)33)25(14-7-9-15(28)10-8-14)29-26(17)20(12-16)31(34)35/h3-12,18,22-25,29H,2,13H2,1H3/t18-,22-,23-,24-,25+/m1/s1. The number of halogens is 2. The number of fused-ring (bicyclic) bond motifs is 3. The van der Waals surface area contributed by atoms with E-state index in [0.29, 0.717) is 34.9 Å². The van der Waals surface area contributed by atoms with Gasteiger partial charge >= 0.3 is 0 Å². The van der Waals surface area contributed by atoms with Crippen molar-refractivity contribution >= 4 is 40.4 Å². The summed E-state index contributed by atoms with van der Waals surface area (Å²) in [7, 11) is 0. The van der Waals surface area contributed by atoms with Gasteiger partial charge in [0.2, 0.25) is 0 Å². The molecule has 0 spiro atoms. The summed E-state index contributed by atoms with van der Waals surface area (Å²) >= 11 is 8.46. The monoisotopic (exact) mass is 543 g/mol. The molecule has 3 aromatic carbocycles. The van der Waals surface area contributed by atoms with Crippen molar-refractivity contribution in [2.45, 2.75) is 40.8 Å². The van der Waals surface area contributed by atoms with Crippen molar-refractivity contribution in [2.75, 3.05) is 11.9 Å². The van der Waals surface area contributed by atoms with Crippen LogP contribution in [0, 0.1) is 32.0 Å². The van der Waals surface area contributed by atoms with Crippen LogP contribution in [0.5, 0.6) is 5.75 Å². The van der Waals surface area contributed by atoms with Crippen LogP contribution in [0.2, 0.25) is 0 Å². The third-order valence-electron chi connectivity index (χ3n) is 6.95. The SMILES string of the molecule is CCOc1cc2c(c([N+](=O)[O-])c1)N[C@@H](c1ccc(F)cc1)[C@@H]1C[C@@H](Sc3ccccc3[N+](=O)[O-])[C@@H](Cl)[C@H]21. The van der Waals surface area contributed by atoms with Crippen LogP contribution in [0.3, 0.4) is 0 Å². The van der Waals surface area contributed by atoms with E-state index >= 15 is 0 Å². The van der Waals surface area contributed by atoms with Crippen LogP contribution < -0.4 is 10.1 Å². The second-order valence-corrected chi connectivity index (χ2v) is 10.8. The van der Waals surface area contributed by atoms with E-state index in [0.717, 1.165) is 5.56 Å². The largest absolute Gasteiger partial charge is 0.494 e. The van der Waals surface area contributed by atoms with Crippen LogP contribution in [0.1, 0.15) is 36.4 Å². The van der Waals surface area contributed by atoms with E-state index in [9.17, 15) is 24.6 Å². The van der Waals surface area contributed by atoms with E-state index in [1.54, 1.807) is 43.3 Å². The number of nitro groups is 2. The number of nitrogens with zero attached hydrogens (tertiary/aromatic N) is 2. The van der Waals surface area contributed by atoms with Crippen molar-refractivity contribution in [3.05, 3.63) is 97.8 Å². The zero-order chi connectivity index (χ0) is 26.3. The lowest BCUT2D eigenvalue weighted by Crippen LogP contribution is -2.31. The van der Waals surface area contributed by atoms with E-state index in [1.165, 1.54) is 36.0 Å². The molecule has 2 aliphatic rings. The fraction of sp³-hybridized carbons (Fsp3) is 0.308. The molecule has 0 saturated heterocycles. The van der Waals surface area contributed by atoms with Crippen LogP contribution >= 0.6 is 23.4 Å². The van der Waals surface area contributed by atoms with Crippen LogP contribution in [-0.4, -0.2) is 27.1 Å². The summed E-state index contributed by atoms with van der Waals surface area (Å²) in [6, 6.07) is 15.4. The molecular formula is C26H23ClFN3O5S. The molecule has 1 heterocycles. The first-order chi connectivity index (χ1) is 17.8. The molecule has 192 valence electrons. The molecule has 0 amide bonds. The Morgan fingerprint density at radius 3 is 2.46 bits per heavy atom. The number of para-hydroxylation sites is 1. The van der Waals surface area contributed by atoms with Gasteiger partial charge in [-0.2, -0.15) is 0 Å². The van der Waals surface area contributed by atoms with Gasteiger partial charge in [-0.15, -0.1) is 23.4 Å². The summed E-state index contributed by atoms with van der Waals surface area (Å²) in [5.41, 5.74) is 1.72. The predicted octanol–water partition coefficient (Wildman–Crippen LogP) is 7.08. The van der Waals surface area contributed by atoms with E-state index in [4.69, 9.17) is 16.3 Å². The normalized spacial score (nSPS) is 24.0. The Labute approximate surface area is 221 Å². The molecule has 8 nitrogen and oxygen atoms in total. The molecule has 5 atom stereocenters. The van der Waals surface area contributed by atoms with Gasteiger partial charge in [-0.3, -0.25) is 20.2 Å². The topological polar surface area (TPSA) is 108 Å². The van der Waals surface area contributed by atoms with Gasteiger partial charge in [0.05, 0.1) is 38.8 Å². The Morgan fingerprint density at radius 2 is 1.78 bits per heavy atom. The van der Waals surface area contributed by atoms with Gasteiger partial charge in [-0.05, 0) is 54.7 Å². The highest BCUT2D eigenvalue weighted by molar-refractivity contribution is 8.00. The number of nitrogens with one attached hydrogen (secondary N) is 1. The number of ether oxygens (including phenoxy) is 1. The maximum Gasteiger partial charge on any atom is 0.296 e. The minimum Gasteiger partial charge on any atom is -0.494 e. The number of hydrogen-bond acceptors (Lipinski definition) is 7. The quantitative estimate of drug-likeness (QED) is 0.193. The smallest absolute Gasteiger partial charge is 0.296 e. The van der Waals surface area contributed by atoms with Gasteiger partial charge in [-0.25, -0.2) is 4.39 Å². The van der Waals surface area contributed by atoms with E-state index in [2.05, 4.69) is 5.32 Å². The van der Waals surface area contributed by atoms with Crippen LogP contribution in [0.25, 0.3) is 0 Å². The molecule has 37 heavy (non-hydrogen) atoms. The number of anilines is 1. The fourth-order valence-corrected chi connectivity index (χ4v) is 7.39. The zero-order valence-electron chi connectivity index (χ0n) is 19.7. The third kappa shape index (κ3) is 4.71. The van der Waals surface area contributed by atoms with Gasteiger partial charge < -0.3 is 10.1 Å². The zero-order valence-corrected chi connectivity index (χ0v) is 21.2. The molecule has 1 aliphatic heterocycles. The highest BCUT2D eigenvalue weighted by Gasteiger charge is 2.52. The summed E-state index contributed by atoms with van der Waals surface area (Å²) in [6.07, 6.45) is 0.594. The molecule has 0 bridgehead atoms. The molecule has 3 aromatic rings. The van der Waals surface area contributed by atoms with E-state index < -0.39 is 15.2 Å². The lowest BCUT2D eigenvalue weighted by Gasteiger charge is -2.38. The molecule has 1 N–H and O–H groups in total. The van der Waals surface area contributed by atoms with Crippen molar-refractivity contribution in [2.24, 2.45) is 5.92 Å². The highest BCUT2D eigenvalue weighted by Crippen LogP contribution is 2.59. The number of rotatable bonds is 7. The Morgan fingerprint density at radius 1 is 1.08 bits per heavy atom. The van der Waals surface area contributed by atoms with Crippen molar-refractivity contribution in [1.82, 2.24) is 0 Å². The van der Waals surface area contributed by atoms with Crippen LogP contribution in [0.4, 0.5) is 21.5 Å². The molecule has 11 heteroatoms. The Hall–Kier alpha value is -3.37. The molecule has 5 rings (SSSR count). The Kier molecular flexibility index (Phi) is 6.96. The summed E-state index contributed by atoms with van der Waals surface area (Å²) in [4.78, 5) is 23.3. The summed E-state index contributed by atoms with van der Waals surface area (Å²) in [5, 5.41) is 26.3. The first kappa shape index (κ1) is 25.3. The van der Waals surface area contributed by atoms with Crippen molar-refractivity contribution in [3.63, 3.8) is 0 Å². The lowest BCUT2D eigenvalue weighted by molar-refractivity contribution is -0.387. The Balaban J connectivity index is 1.61. The van der Waals surface area contributed by atoms with Crippen molar-refractivity contribution < 1.29 is 19.0 Å². The first-order valence-corrected chi connectivity index (χ1v) is 13.1. The lowest BCUT2D eigenvalue weighted by atomic mass is 9.77. The van der Waals surface area contributed by atoms with Gasteiger partial charge in [0.15, 0.2) is 0 Å². The second kappa shape index (κ2) is 10.2. The maximum absolute atomic E-state index is 13.7. The van der Waals surface area contributed by atoms with Gasteiger partial charge in [0, 0.05) is 17.2 Å². The Bertz CT molecular complexity index is 1360. The second-order valence-electron chi connectivity index (χ2n) is 9.02. The molecule has 1 fully saturated rings. The van der Waals surface area contributed by atoms with Gasteiger partial charge in [0.1, 0.15) is 17.3 Å². The number of hydrogen-bond donors (Lipinski definition) is 1. The average molecular weight is 544 g/mol. The fourth-order valence-electron chi connectivity index (χ4n) is 5.44. The molecule has 0 radical (unpaired) electrons. The van der Waals surface area contributed by atoms with Crippen molar-refractivity contribution in [3.8, 4) is 5.75 Å². The minimum atomic E-state index is -0.477. The average Bonchev–Trinajstić information content (AvgIpc) is 3.20. The molecule has 1 saturated carbocycles. The summed E-state index contributed by atoms with van der Waals surface area (Å²) in [5.74, 6) is -0.396. The van der Waals surface area contributed by atoms with Gasteiger partial charge in [0.25, 0.3) is 11.4 Å². The molecule has 0 unspecified atom stereocenters. The summed E-state index contributed by atoms with van der Waals surface area (Å²) in [6.45, 7) is 2.15. The number of benzene rings is 3. The maximum atomic E-state index is 13.7. The number of alkyl halides is 1. The first-order valence-electron chi connectivity index (χ1n) is 11.8. The molecular weight excluding hydrogens is 521 g/mol. The summed E-state index contributed by atoms with van der Waals surface area (Å²) < 4.78 is 19.4. The molecule has 0 aromatic heterocycles. The van der Waals surface area contributed by atoms with Gasteiger partial charge in [-0.1, -0.05) is 24.3 Å². The minimum absolute atomic E-state index is 0.00844. The van der Waals surface area contributed by atoms with Crippen LogP contribution in [0.15, 0.2) is 65.6 Å². The van der Waals surface area contributed by atoms with E-state index in [-0.39, 0.29) is 40.3 Å². The number of nitro benzene ring substituents is 2. The molecule has 1 aliphatic carbocycles. The van der Waals surface area contributed by atoms with E-state index in [1.807, 2.05) is 0 Å². The predicted molar refractivity (Wildman–Crippen MR) is 140 cm³/mol. The highest BCUT2D eigenvalue weighted by atomic mass is 35.5. The third-order valence-corrected chi connectivity index (χ3v) is 9.06. The van der Waals surface area contributed by atoms with Crippen molar-refractivity contribution in [1.29, 1.82) is 0 Å².